The molecule has 1 aromatic carbocycles. The standard InChI is InChI=1S/C17H23F3N2O2/c1-11(2)10-22-16(23)14-9-13(12-5-7-21-8-6-12)3-4-15(14)24-17(18,19)20/h3-4,9,11-12,21H,5-8,10H2,1-2H3,(H,22,23). The minimum Gasteiger partial charge on any atom is -0.405 e. The Labute approximate surface area is 139 Å². The molecular formula is C17H23F3N2O2. The van der Waals surface area contributed by atoms with E-state index in [4.69, 9.17) is 0 Å². The lowest BCUT2D eigenvalue weighted by Crippen LogP contribution is -2.29. The highest BCUT2D eigenvalue weighted by atomic mass is 19.4. The number of carbonyl (C=O) groups is 1. The zero-order chi connectivity index (χ0) is 17.7. The molecule has 1 aliphatic heterocycles. The fraction of sp³-hybridized carbons (Fsp3) is 0.588. The third-order valence-electron chi connectivity index (χ3n) is 3.96. The molecule has 0 aliphatic carbocycles. The first-order valence-electron chi connectivity index (χ1n) is 8.15. The van der Waals surface area contributed by atoms with Crippen LogP contribution < -0.4 is 15.4 Å². The highest BCUT2D eigenvalue weighted by Gasteiger charge is 2.33. The molecule has 4 nitrogen and oxygen atoms in total. The molecule has 7 heteroatoms. The van der Waals surface area contributed by atoms with Crippen molar-refractivity contribution in [3.05, 3.63) is 29.3 Å². The van der Waals surface area contributed by atoms with E-state index in [1.54, 1.807) is 6.07 Å². The smallest absolute Gasteiger partial charge is 0.405 e. The van der Waals surface area contributed by atoms with Crippen molar-refractivity contribution in [2.24, 2.45) is 5.92 Å². The maximum atomic E-state index is 12.6. The first-order valence-corrected chi connectivity index (χ1v) is 8.15. The number of halogens is 3. The van der Waals surface area contributed by atoms with E-state index in [1.807, 2.05) is 13.8 Å². The first-order chi connectivity index (χ1) is 11.3. The summed E-state index contributed by atoms with van der Waals surface area (Å²) in [6.45, 7) is 5.94. The summed E-state index contributed by atoms with van der Waals surface area (Å²) in [7, 11) is 0. The van der Waals surface area contributed by atoms with Gasteiger partial charge >= 0.3 is 6.36 Å². The average molecular weight is 344 g/mol. The number of hydrogen-bond donors (Lipinski definition) is 2. The minimum absolute atomic E-state index is 0.0657. The lowest BCUT2D eigenvalue weighted by molar-refractivity contribution is -0.274. The third-order valence-corrected chi connectivity index (χ3v) is 3.96. The van der Waals surface area contributed by atoms with Gasteiger partial charge in [-0.3, -0.25) is 4.79 Å². The van der Waals surface area contributed by atoms with Crippen molar-refractivity contribution in [1.82, 2.24) is 10.6 Å². The summed E-state index contributed by atoms with van der Waals surface area (Å²) >= 11 is 0. The summed E-state index contributed by atoms with van der Waals surface area (Å²) in [5, 5.41) is 5.90. The Hall–Kier alpha value is -1.76. The van der Waals surface area contributed by atoms with Crippen LogP contribution in [-0.4, -0.2) is 31.9 Å². The van der Waals surface area contributed by atoms with Gasteiger partial charge in [0.05, 0.1) is 5.56 Å². The molecule has 0 bridgehead atoms. The number of amides is 1. The monoisotopic (exact) mass is 344 g/mol. The molecule has 1 heterocycles. The van der Waals surface area contributed by atoms with E-state index in [0.29, 0.717) is 6.54 Å². The number of rotatable bonds is 5. The molecular weight excluding hydrogens is 321 g/mol. The van der Waals surface area contributed by atoms with Gasteiger partial charge in [0, 0.05) is 6.54 Å². The summed E-state index contributed by atoms with van der Waals surface area (Å²) in [5.41, 5.74) is 0.810. The number of carbonyl (C=O) groups excluding carboxylic acids is 1. The molecule has 24 heavy (non-hydrogen) atoms. The van der Waals surface area contributed by atoms with Gasteiger partial charge in [0.1, 0.15) is 5.75 Å². The van der Waals surface area contributed by atoms with Gasteiger partial charge in [-0.15, -0.1) is 13.2 Å². The molecule has 0 atom stereocenters. The van der Waals surface area contributed by atoms with Crippen LogP contribution in [0.15, 0.2) is 18.2 Å². The lowest BCUT2D eigenvalue weighted by atomic mass is 9.89. The van der Waals surface area contributed by atoms with E-state index in [9.17, 15) is 18.0 Å². The van der Waals surface area contributed by atoms with E-state index < -0.39 is 18.0 Å². The molecule has 0 saturated carbocycles. The molecule has 2 rings (SSSR count). The average Bonchev–Trinajstić information content (AvgIpc) is 2.52. The Morgan fingerprint density at radius 2 is 2.00 bits per heavy atom. The van der Waals surface area contributed by atoms with Crippen molar-refractivity contribution in [2.75, 3.05) is 19.6 Å². The Kier molecular flexibility index (Phi) is 6.10. The molecule has 0 aromatic heterocycles. The third kappa shape index (κ3) is 5.40. The maximum Gasteiger partial charge on any atom is 0.573 e. The topological polar surface area (TPSA) is 50.4 Å². The van der Waals surface area contributed by atoms with Crippen LogP contribution in [0.5, 0.6) is 5.75 Å². The normalized spacial score (nSPS) is 16.2. The van der Waals surface area contributed by atoms with Crippen LogP contribution in [0, 0.1) is 5.92 Å². The van der Waals surface area contributed by atoms with Gasteiger partial charge in [0.2, 0.25) is 0 Å². The van der Waals surface area contributed by atoms with E-state index >= 15 is 0 Å². The van der Waals surface area contributed by atoms with E-state index in [2.05, 4.69) is 15.4 Å². The minimum atomic E-state index is -4.83. The Bertz CT molecular complexity index is 567. The van der Waals surface area contributed by atoms with Crippen molar-refractivity contribution in [1.29, 1.82) is 0 Å². The van der Waals surface area contributed by atoms with Crippen LogP contribution in [0.2, 0.25) is 0 Å². The number of piperidine rings is 1. The van der Waals surface area contributed by atoms with Gasteiger partial charge in [0.25, 0.3) is 5.91 Å². The van der Waals surface area contributed by atoms with E-state index in [-0.39, 0.29) is 17.4 Å². The van der Waals surface area contributed by atoms with Crippen LogP contribution in [0.1, 0.15) is 48.5 Å². The summed E-state index contributed by atoms with van der Waals surface area (Å²) in [6, 6.07) is 4.40. The number of hydrogen-bond acceptors (Lipinski definition) is 3. The van der Waals surface area contributed by atoms with Crippen molar-refractivity contribution < 1.29 is 22.7 Å². The fourth-order valence-corrected chi connectivity index (χ4v) is 2.74. The summed E-state index contributed by atoms with van der Waals surface area (Å²) in [4.78, 5) is 12.3. The molecule has 1 aliphatic rings. The van der Waals surface area contributed by atoms with E-state index in [0.717, 1.165) is 31.5 Å². The lowest BCUT2D eigenvalue weighted by Gasteiger charge is -2.24. The maximum absolute atomic E-state index is 12.6. The molecule has 1 fully saturated rings. The molecule has 134 valence electrons. The Morgan fingerprint density at radius 3 is 2.58 bits per heavy atom. The summed E-state index contributed by atoms with van der Waals surface area (Å²) in [6.07, 6.45) is -3.04. The van der Waals surface area contributed by atoms with Crippen molar-refractivity contribution >= 4 is 5.91 Å². The Morgan fingerprint density at radius 1 is 1.33 bits per heavy atom. The van der Waals surface area contributed by atoms with Crippen molar-refractivity contribution in [3.63, 3.8) is 0 Å². The number of ether oxygens (including phenoxy) is 1. The van der Waals surface area contributed by atoms with Crippen molar-refractivity contribution in [3.8, 4) is 5.75 Å². The van der Waals surface area contributed by atoms with E-state index in [1.165, 1.54) is 12.1 Å². The van der Waals surface area contributed by atoms with Crippen LogP contribution >= 0.6 is 0 Å². The van der Waals surface area contributed by atoms with Crippen LogP contribution in [0.25, 0.3) is 0 Å². The van der Waals surface area contributed by atoms with Gasteiger partial charge in [-0.05, 0) is 55.5 Å². The van der Waals surface area contributed by atoms with Gasteiger partial charge in [-0.25, -0.2) is 0 Å². The summed E-state index contributed by atoms with van der Waals surface area (Å²) in [5.74, 6) is -0.559. The van der Waals surface area contributed by atoms with Crippen LogP contribution in [-0.2, 0) is 0 Å². The highest BCUT2D eigenvalue weighted by molar-refractivity contribution is 5.97. The molecule has 0 spiro atoms. The van der Waals surface area contributed by atoms with Gasteiger partial charge < -0.3 is 15.4 Å². The van der Waals surface area contributed by atoms with Gasteiger partial charge in [-0.2, -0.15) is 0 Å². The molecule has 0 radical (unpaired) electrons. The predicted octanol–water partition coefficient (Wildman–Crippen LogP) is 3.44. The van der Waals surface area contributed by atoms with Crippen LogP contribution in [0.3, 0.4) is 0 Å². The second-order valence-corrected chi connectivity index (χ2v) is 6.43. The van der Waals surface area contributed by atoms with Crippen LogP contribution in [0.4, 0.5) is 13.2 Å². The summed E-state index contributed by atoms with van der Waals surface area (Å²) < 4.78 is 41.8. The molecule has 1 saturated heterocycles. The fourth-order valence-electron chi connectivity index (χ4n) is 2.74. The highest BCUT2D eigenvalue weighted by Crippen LogP contribution is 2.32. The Balaban J connectivity index is 2.27. The molecule has 0 unspecified atom stereocenters. The number of alkyl halides is 3. The zero-order valence-corrected chi connectivity index (χ0v) is 13.9. The van der Waals surface area contributed by atoms with Gasteiger partial charge in [-0.1, -0.05) is 19.9 Å². The van der Waals surface area contributed by atoms with Crippen molar-refractivity contribution in [2.45, 2.75) is 39.0 Å². The SMILES string of the molecule is CC(C)CNC(=O)c1cc(C2CCNCC2)ccc1OC(F)(F)F. The molecule has 1 aromatic rings. The molecule has 2 N–H and O–H groups in total. The largest absolute Gasteiger partial charge is 0.573 e. The molecule has 1 amide bonds. The number of nitrogens with one attached hydrogen (secondary N) is 2. The second-order valence-electron chi connectivity index (χ2n) is 6.43. The quantitative estimate of drug-likeness (QED) is 0.860. The number of benzene rings is 1. The predicted molar refractivity (Wildman–Crippen MR) is 85.1 cm³/mol. The zero-order valence-electron chi connectivity index (χ0n) is 13.9. The first kappa shape index (κ1) is 18.6. The van der Waals surface area contributed by atoms with Gasteiger partial charge in [0.15, 0.2) is 0 Å². The second kappa shape index (κ2) is 7.88.